The molecule has 9 nitrogen and oxygen atoms in total. The minimum atomic E-state index is -0.619. The Balaban J connectivity index is 1.33. The van der Waals surface area contributed by atoms with Crippen LogP contribution in [0.1, 0.15) is 16.2 Å². The zero-order valence-electron chi connectivity index (χ0n) is 18.3. The Kier molecular flexibility index (Phi) is 5.57. The Bertz CT molecular complexity index is 1470. The summed E-state index contributed by atoms with van der Waals surface area (Å²) in [5, 5.41) is 15.4. The molecule has 1 amide bonds. The number of ether oxygens (including phenoxy) is 1. The van der Waals surface area contributed by atoms with Gasteiger partial charge in [-0.2, -0.15) is 5.10 Å². The highest BCUT2D eigenvalue weighted by molar-refractivity contribution is 5.95. The summed E-state index contributed by atoms with van der Waals surface area (Å²) in [4.78, 5) is 25.1. The van der Waals surface area contributed by atoms with Gasteiger partial charge in [0.25, 0.3) is 5.91 Å². The fourth-order valence-electron chi connectivity index (χ4n) is 3.51. The first-order valence-corrected chi connectivity index (χ1v) is 10.6. The van der Waals surface area contributed by atoms with Crippen molar-refractivity contribution in [3.63, 3.8) is 0 Å². The lowest BCUT2D eigenvalue weighted by atomic mass is 10.2. The number of carbonyl (C=O) groups is 2. The fraction of sp³-hybridized carbons (Fsp3) is 0.0800. The maximum atomic E-state index is 12.6. The molecule has 2 aromatic carbocycles. The lowest BCUT2D eigenvalue weighted by molar-refractivity contribution is -0.119. The number of nitrogens with one attached hydrogen (secondary N) is 1. The van der Waals surface area contributed by atoms with Gasteiger partial charge in [-0.1, -0.05) is 48.5 Å². The number of pyridine rings is 1. The summed E-state index contributed by atoms with van der Waals surface area (Å²) in [6.07, 6.45) is 1.58. The van der Waals surface area contributed by atoms with E-state index in [1.165, 1.54) is 0 Å². The molecule has 0 bridgehead atoms. The van der Waals surface area contributed by atoms with Crippen LogP contribution in [0.25, 0.3) is 22.6 Å². The maximum Gasteiger partial charge on any atom is 0.340 e. The second kappa shape index (κ2) is 8.99. The van der Waals surface area contributed by atoms with E-state index >= 15 is 0 Å². The Morgan fingerprint density at radius 2 is 1.68 bits per heavy atom. The number of esters is 1. The van der Waals surface area contributed by atoms with Gasteiger partial charge in [-0.25, -0.2) is 9.48 Å². The fourth-order valence-corrected chi connectivity index (χ4v) is 3.51. The van der Waals surface area contributed by atoms with E-state index in [0.29, 0.717) is 28.5 Å². The monoisotopic (exact) mass is 452 g/mol. The van der Waals surface area contributed by atoms with Gasteiger partial charge in [-0.15, -0.1) is 10.2 Å². The third kappa shape index (κ3) is 4.26. The molecule has 1 N–H and O–H groups in total. The predicted octanol–water partition coefficient (Wildman–Crippen LogP) is 3.69. The van der Waals surface area contributed by atoms with Gasteiger partial charge in [0.15, 0.2) is 12.3 Å². The Morgan fingerprint density at radius 3 is 2.44 bits per heavy atom. The number of amides is 1. The van der Waals surface area contributed by atoms with Crippen molar-refractivity contribution in [3.8, 4) is 16.9 Å². The van der Waals surface area contributed by atoms with Crippen LogP contribution in [0.5, 0.6) is 0 Å². The second-order valence-corrected chi connectivity index (χ2v) is 7.55. The molecule has 3 heterocycles. The molecule has 0 atom stereocenters. The molecule has 0 radical (unpaired) electrons. The van der Waals surface area contributed by atoms with Gasteiger partial charge >= 0.3 is 5.97 Å². The highest BCUT2D eigenvalue weighted by atomic mass is 16.5. The smallest absolute Gasteiger partial charge is 0.340 e. The van der Waals surface area contributed by atoms with E-state index in [4.69, 9.17) is 4.74 Å². The predicted molar refractivity (Wildman–Crippen MR) is 126 cm³/mol. The number of para-hydroxylation sites is 1. The van der Waals surface area contributed by atoms with Crippen LogP contribution in [-0.4, -0.2) is 42.9 Å². The van der Waals surface area contributed by atoms with Crippen molar-refractivity contribution in [2.45, 2.75) is 6.92 Å². The first-order chi connectivity index (χ1) is 16.6. The van der Waals surface area contributed by atoms with Crippen molar-refractivity contribution in [2.75, 3.05) is 11.9 Å². The number of carbonyl (C=O) groups excluding carboxylic acids is 2. The van der Waals surface area contributed by atoms with Gasteiger partial charge < -0.3 is 10.1 Å². The first kappa shape index (κ1) is 21.1. The maximum absolute atomic E-state index is 12.6. The van der Waals surface area contributed by atoms with Crippen LogP contribution in [0.3, 0.4) is 0 Å². The third-order valence-electron chi connectivity index (χ3n) is 5.19. The molecule has 168 valence electrons. The molecule has 9 heteroatoms. The van der Waals surface area contributed by atoms with E-state index in [2.05, 4.69) is 20.6 Å². The number of aromatic nitrogens is 5. The average molecular weight is 452 g/mol. The minimum Gasteiger partial charge on any atom is -0.452 e. The summed E-state index contributed by atoms with van der Waals surface area (Å²) < 4.78 is 8.55. The summed E-state index contributed by atoms with van der Waals surface area (Å²) in [6, 6.07) is 24.2. The molecule has 0 aliphatic rings. The van der Waals surface area contributed by atoms with Gasteiger partial charge in [0, 0.05) is 17.8 Å². The molecule has 3 aromatic heterocycles. The minimum absolute atomic E-state index is 0.295. The average Bonchev–Trinajstić information content (AvgIpc) is 3.47. The van der Waals surface area contributed by atoms with E-state index in [-0.39, 0.29) is 0 Å². The normalized spacial score (nSPS) is 10.9. The number of hydrogen-bond donors (Lipinski definition) is 1. The van der Waals surface area contributed by atoms with Crippen LogP contribution in [0.2, 0.25) is 0 Å². The molecular weight excluding hydrogens is 432 g/mol. The second-order valence-electron chi connectivity index (χ2n) is 7.55. The number of fused-ring (bicyclic) bond motifs is 1. The molecule has 0 unspecified atom stereocenters. The Hall–Kier alpha value is -4.79. The third-order valence-corrected chi connectivity index (χ3v) is 5.19. The molecule has 5 aromatic rings. The topological polar surface area (TPSA) is 103 Å². The Morgan fingerprint density at radius 1 is 0.941 bits per heavy atom. The number of rotatable bonds is 6. The number of anilines is 1. The molecule has 0 spiro atoms. The number of nitrogens with zero attached hydrogens (tertiary/aromatic N) is 5. The zero-order valence-corrected chi connectivity index (χ0v) is 18.3. The van der Waals surface area contributed by atoms with E-state index in [9.17, 15) is 9.59 Å². The van der Waals surface area contributed by atoms with Crippen LogP contribution < -0.4 is 5.32 Å². The van der Waals surface area contributed by atoms with Gasteiger partial charge in [-0.3, -0.25) is 9.20 Å². The van der Waals surface area contributed by atoms with Crippen molar-refractivity contribution >= 4 is 23.3 Å². The van der Waals surface area contributed by atoms with E-state index in [0.717, 1.165) is 11.3 Å². The number of benzene rings is 2. The van der Waals surface area contributed by atoms with Crippen LogP contribution in [-0.2, 0) is 9.53 Å². The van der Waals surface area contributed by atoms with Crippen molar-refractivity contribution in [3.05, 3.63) is 96.4 Å². The zero-order chi connectivity index (χ0) is 23.5. The largest absolute Gasteiger partial charge is 0.452 e. The quantitative estimate of drug-likeness (QED) is 0.394. The number of hydrogen-bond acceptors (Lipinski definition) is 6. The molecule has 0 aliphatic carbocycles. The van der Waals surface area contributed by atoms with Crippen LogP contribution >= 0.6 is 0 Å². The highest BCUT2D eigenvalue weighted by Gasteiger charge is 2.16. The van der Waals surface area contributed by atoms with Crippen molar-refractivity contribution in [1.29, 1.82) is 0 Å². The SMILES string of the molecule is Cc1nnc2ccc(C(=O)OCC(=O)Nc3cc(-c4ccccc4)nn3-c3ccccc3)cn12. The molecular formula is C25H20N6O3. The lowest BCUT2D eigenvalue weighted by Gasteiger charge is -2.09. The molecule has 5 rings (SSSR count). The van der Waals surface area contributed by atoms with Crippen molar-refractivity contribution in [2.24, 2.45) is 0 Å². The summed E-state index contributed by atoms with van der Waals surface area (Å²) in [7, 11) is 0. The van der Waals surface area contributed by atoms with Gasteiger partial charge in [0.1, 0.15) is 11.6 Å². The van der Waals surface area contributed by atoms with Crippen LogP contribution in [0, 0.1) is 6.92 Å². The summed E-state index contributed by atoms with van der Waals surface area (Å²) >= 11 is 0. The lowest BCUT2D eigenvalue weighted by Crippen LogP contribution is -2.22. The van der Waals surface area contributed by atoms with Crippen molar-refractivity contribution < 1.29 is 14.3 Å². The standard InChI is InChI=1S/C25H20N6O3/c1-17-27-28-22-13-12-19(15-30(17)22)25(33)34-16-24(32)26-23-14-21(18-8-4-2-5-9-18)29-31(23)20-10-6-3-7-11-20/h2-15H,16H2,1H3,(H,26,32). The van der Waals surface area contributed by atoms with Gasteiger partial charge in [-0.05, 0) is 31.2 Å². The van der Waals surface area contributed by atoms with Gasteiger partial charge in [0.05, 0.1) is 16.9 Å². The first-order valence-electron chi connectivity index (χ1n) is 10.6. The van der Waals surface area contributed by atoms with Crippen LogP contribution in [0.15, 0.2) is 85.1 Å². The molecule has 0 saturated heterocycles. The summed E-state index contributed by atoms with van der Waals surface area (Å²) in [6.45, 7) is 1.33. The molecule has 0 aliphatic heterocycles. The summed E-state index contributed by atoms with van der Waals surface area (Å²) in [5.74, 6) is 0.0108. The van der Waals surface area contributed by atoms with E-state index < -0.39 is 18.5 Å². The van der Waals surface area contributed by atoms with Crippen LogP contribution in [0.4, 0.5) is 5.82 Å². The van der Waals surface area contributed by atoms with E-state index in [1.54, 1.807) is 40.4 Å². The Labute approximate surface area is 194 Å². The van der Waals surface area contributed by atoms with E-state index in [1.807, 2.05) is 60.7 Å². The summed E-state index contributed by atoms with van der Waals surface area (Å²) in [5.41, 5.74) is 3.32. The molecule has 0 fully saturated rings. The van der Waals surface area contributed by atoms with Crippen molar-refractivity contribution in [1.82, 2.24) is 24.4 Å². The molecule has 0 saturated carbocycles. The number of aryl methyl sites for hydroxylation is 1. The molecule has 34 heavy (non-hydrogen) atoms. The highest BCUT2D eigenvalue weighted by Crippen LogP contribution is 2.24. The van der Waals surface area contributed by atoms with Gasteiger partial charge in [0.2, 0.25) is 0 Å².